The molecular formula is C28H26O8. The van der Waals surface area contributed by atoms with Gasteiger partial charge in [-0.1, -0.05) is 42.5 Å². The molecule has 0 aliphatic rings. The fourth-order valence-corrected chi connectivity index (χ4v) is 4.13. The molecule has 0 amide bonds. The van der Waals surface area contributed by atoms with Gasteiger partial charge in [-0.2, -0.15) is 0 Å². The maximum absolute atomic E-state index is 13.1. The number of benzene rings is 3. The molecule has 4 aromatic rings. The van der Waals surface area contributed by atoms with Crippen molar-refractivity contribution in [3.05, 3.63) is 82.0 Å². The van der Waals surface area contributed by atoms with Gasteiger partial charge in [0.1, 0.15) is 22.5 Å². The third-order valence-electron chi connectivity index (χ3n) is 5.79. The third-order valence-corrected chi connectivity index (χ3v) is 5.79. The van der Waals surface area contributed by atoms with E-state index in [9.17, 15) is 24.9 Å². The number of phenolic OH excluding ortho intramolecular Hbond substituents is 3. The highest BCUT2D eigenvalue weighted by atomic mass is 16.5. The Kier molecular flexibility index (Phi) is 6.87. The number of hydrogen-bond acceptors (Lipinski definition) is 8. The highest BCUT2D eigenvalue weighted by Gasteiger charge is 2.31. The summed E-state index contributed by atoms with van der Waals surface area (Å²) in [5, 5.41) is 31.7. The van der Waals surface area contributed by atoms with Crippen LogP contribution in [0.4, 0.5) is 0 Å². The van der Waals surface area contributed by atoms with Crippen molar-refractivity contribution in [1.82, 2.24) is 0 Å². The number of rotatable bonds is 7. The molecule has 1 atom stereocenters. The van der Waals surface area contributed by atoms with E-state index in [1.54, 1.807) is 48.5 Å². The number of aromatic hydroxyl groups is 3. The number of esters is 1. The minimum atomic E-state index is -0.895. The highest BCUT2D eigenvalue weighted by Crippen LogP contribution is 2.49. The van der Waals surface area contributed by atoms with Crippen LogP contribution in [-0.2, 0) is 9.53 Å². The Hall–Kier alpha value is -4.46. The van der Waals surface area contributed by atoms with E-state index in [0.29, 0.717) is 16.9 Å². The Bertz CT molecular complexity index is 1450. The van der Waals surface area contributed by atoms with Crippen molar-refractivity contribution >= 4 is 16.9 Å². The lowest BCUT2D eigenvalue weighted by Crippen LogP contribution is -2.13. The van der Waals surface area contributed by atoms with Gasteiger partial charge in [-0.25, -0.2) is 0 Å². The lowest BCUT2D eigenvalue weighted by molar-refractivity contribution is -0.140. The Labute approximate surface area is 207 Å². The van der Waals surface area contributed by atoms with Crippen LogP contribution < -0.4 is 10.2 Å². The van der Waals surface area contributed by atoms with Crippen LogP contribution in [0.5, 0.6) is 23.0 Å². The maximum atomic E-state index is 13.1. The van der Waals surface area contributed by atoms with Crippen LogP contribution >= 0.6 is 0 Å². The minimum Gasteiger partial charge on any atom is -0.504 e. The quantitative estimate of drug-likeness (QED) is 0.242. The van der Waals surface area contributed by atoms with Crippen molar-refractivity contribution in [3.8, 4) is 34.3 Å². The van der Waals surface area contributed by atoms with Gasteiger partial charge in [-0.15, -0.1) is 0 Å². The smallest absolute Gasteiger partial charge is 0.306 e. The molecule has 0 spiro atoms. The van der Waals surface area contributed by atoms with Crippen LogP contribution in [0.3, 0.4) is 0 Å². The summed E-state index contributed by atoms with van der Waals surface area (Å²) in [7, 11) is 1.23. The van der Waals surface area contributed by atoms with E-state index in [1.165, 1.54) is 13.2 Å². The summed E-state index contributed by atoms with van der Waals surface area (Å²) in [6.45, 7) is 3.79. The van der Waals surface area contributed by atoms with Gasteiger partial charge in [0, 0.05) is 23.1 Å². The summed E-state index contributed by atoms with van der Waals surface area (Å²) >= 11 is 0. The Morgan fingerprint density at radius 1 is 0.944 bits per heavy atom. The van der Waals surface area contributed by atoms with Crippen LogP contribution in [0, 0.1) is 0 Å². The second-order valence-corrected chi connectivity index (χ2v) is 8.57. The minimum absolute atomic E-state index is 0.0295. The molecule has 4 rings (SSSR count). The lowest BCUT2D eigenvalue weighted by atomic mass is 9.86. The monoisotopic (exact) mass is 490 g/mol. The Morgan fingerprint density at radius 2 is 1.61 bits per heavy atom. The molecule has 8 heteroatoms. The van der Waals surface area contributed by atoms with E-state index in [0.717, 1.165) is 0 Å². The number of methoxy groups -OCH3 is 1. The summed E-state index contributed by atoms with van der Waals surface area (Å²) in [4.78, 5) is 25.5. The van der Waals surface area contributed by atoms with E-state index in [-0.39, 0.29) is 34.8 Å². The van der Waals surface area contributed by atoms with Gasteiger partial charge in [-0.3, -0.25) is 9.59 Å². The zero-order valence-electron chi connectivity index (χ0n) is 20.0. The third kappa shape index (κ3) is 4.70. The average Bonchev–Trinajstić information content (AvgIpc) is 2.87. The fraction of sp³-hybridized carbons (Fsp3) is 0.214. The number of carbonyl (C=O) groups is 1. The van der Waals surface area contributed by atoms with E-state index in [2.05, 4.69) is 0 Å². The number of ether oxygens (including phenoxy) is 2. The molecule has 186 valence electrons. The van der Waals surface area contributed by atoms with Gasteiger partial charge in [-0.05, 0) is 31.5 Å². The first-order valence-corrected chi connectivity index (χ1v) is 11.3. The van der Waals surface area contributed by atoms with Crippen molar-refractivity contribution in [2.45, 2.75) is 32.3 Å². The predicted molar refractivity (Wildman–Crippen MR) is 134 cm³/mol. The topological polar surface area (TPSA) is 126 Å². The van der Waals surface area contributed by atoms with Gasteiger partial charge in [0.25, 0.3) is 0 Å². The van der Waals surface area contributed by atoms with Crippen molar-refractivity contribution in [2.75, 3.05) is 7.11 Å². The molecule has 0 radical (unpaired) electrons. The molecule has 1 aromatic heterocycles. The van der Waals surface area contributed by atoms with Crippen molar-refractivity contribution in [2.24, 2.45) is 0 Å². The molecule has 0 aliphatic heterocycles. The van der Waals surface area contributed by atoms with Gasteiger partial charge < -0.3 is 29.2 Å². The first-order valence-electron chi connectivity index (χ1n) is 11.3. The second-order valence-electron chi connectivity index (χ2n) is 8.57. The predicted octanol–water partition coefficient (Wildman–Crippen LogP) is 5.06. The first-order chi connectivity index (χ1) is 17.2. The highest BCUT2D eigenvalue weighted by molar-refractivity contribution is 5.93. The second kappa shape index (κ2) is 10.0. The van der Waals surface area contributed by atoms with Gasteiger partial charge in [0.2, 0.25) is 5.75 Å². The Balaban J connectivity index is 2.01. The molecule has 0 fully saturated rings. The zero-order valence-corrected chi connectivity index (χ0v) is 20.0. The van der Waals surface area contributed by atoms with E-state index < -0.39 is 34.6 Å². The molecule has 0 unspecified atom stereocenters. The first kappa shape index (κ1) is 24.7. The van der Waals surface area contributed by atoms with Crippen LogP contribution in [0.2, 0.25) is 0 Å². The SMILES string of the molecule is COC(=O)C[C@@H](c1ccc(OC(C)C)cc1)c1c(O)c(O)c(O)c2c(=O)cc(-c3ccccc3)oc12. The van der Waals surface area contributed by atoms with Gasteiger partial charge in [0.05, 0.1) is 19.6 Å². The molecule has 3 N–H and O–H groups in total. The fourth-order valence-electron chi connectivity index (χ4n) is 4.13. The van der Waals surface area contributed by atoms with Crippen molar-refractivity contribution in [3.63, 3.8) is 0 Å². The normalized spacial score (nSPS) is 12.0. The van der Waals surface area contributed by atoms with Gasteiger partial charge >= 0.3 is 5.97 Å². The number of carbonyl (C=O) groups excluding carboxylic acids is 1. The standard InChI is InChI=1S/C28H26O8/c1-15(2)35-18-11-9-16(10-12-18)19(13-22(30)34-3)23-25(31)27(33)26(32)24-20(29)14-21(36-28(23)24)17-7-5-4-6-8-17/h4-12,14-15,19,31-33H,13H2,1-3H3/t19-/m0/s1. The molecule has 1 heterocycles. The lowest BCUT2D eigenvalue weighted by Gasteiger charge is -2.21. The molecule has 36 heavy (non-hydrogen) atoms. The summed E-state index contributed by atoms with van der Waals surface area (Å²) in [5.74, 6) is -3.09. The van der Waals surface area contributed by atoms with Crippen LogP contribution in [0.15, 0.2) is 69.9 Å². The summed E-state index contributed by atoms with van der Waals surface area (Å²) in [5.41, 5.74) is 0.352. The molecule has 8 nitrogen and oxygen atoms in total. The van der Waals surface area contributed by atoms with Crippen LogP contribution in [0.25, 0.3) is 22.3 Å². The molecule has 3 aromatic carbocycles. The van der Waals surface area contributed by atoms with E-state index in [1.807, 2.05) is 19.9 Å². The summed E-state index contributed by atoms with van der Waals surface area (Å²) in [6, 6.07) is 16.9. The summed E-state index contributed by atoms with van der Waals surface area (Å²) in [6.07, 6.45) is -0.290. The van der Waals surface area contributed by atoms with Crippen LogP contribution in [0.1, 0.15) is 37.3 Å². The Morgan fingerprint density at radius 3 is 2.22 bits per heavy atom. The number of phenols is 3. The summed E-state index contributed by atoms with van der Waals surface area (Å²) < 4.78 is 16.6. The largest absolute Gasteiger partial charge is 0.504 e. The zero-order chi connectivity index (χ0) is 26.0. The van der Waals surface area contributed by atoms with E-state index in [4.69, 9.17) is 13.9 Å². The number of hydrogen-bond donors (Lipinski definition) is 3. The van der Waals surface area contributed by atoms with Gasteiger partial charge in [0.15, 0.2) is 16.9 Å². The molecule has 0 aliphatic carbocycles. The van der Waals surface area contributed by atoms with Crippen LogP contribution in [-0.4, -0.2) is 34.5 Å². The molecule has 0 saturated carbocycles. The molecule has 0 saturated heterocycles. The number of fused-ring (bicyclic) bond motifs is 1. The van der Waals surface area contributed by atoms with E-state index >= 15 is 0 Å². The molecule has 0 bridgehead atoms. The van der Waals surface area contributed by atoms with Crippen molar-refractivity contribution in [1.29, 1.82) is 0 Å². The maximum Gasteiger partial charge on any atom is 0.306 e. The van der Waals surface area contributed by atoms with Crippen molar-refractivity contribution < 1.29 is 34.0 Å². The average molecular weight is 491 g/mol. The molecular weight excluding hydrogens is 464 g/mol.